The van der Waals surface area contributed by atoms with E-state index in [-0.39, 0.29) is 17.6 Å². The lowest BCUT2D eigenvalue weighted by Gasteiger charge is -2.05. The zero-order valence-corrected chi connectivity index (χ0v) is 10.7. The van der Waals surface area contributed by atoms with Crippen LogP contribution in [0.25, 0.3) is 0 Å². The van der Waals surface area contributed by atoms with Crippen molar-refractivity contribution in [2.75, 3.05) is 11.1 Å². The summed E-state index contributed by atoms with van der Waals surface area (Å²) in [7, 11) is 0. The van der Waals surface area contributed by atoms with Gasteiger partial charge in [-0.05, 0) is 36.8 Å². The molecule has 0 atom stereocenters. The van der Waals surface area contributed by atoms with Crippen molar-refractivity contribution < 1.29 is 9.21 Å². The lowest BCUT2D eigenvalue weighted by Crippen LogP contribution is -2.10. The average Bonchev–Trinajstić information content (AvgIpc) is 2.70. The fourth-order valence-corrected chi connectivity index (χ4v) is 1.64. The van der Waals surface area contributed by atoms with Gasteiger partial charge in [-0.2, -0.15) is 0 Å². The van der Waals surface area contributed by atoms with Crippen LogP contribution in [0.2, 0.25) is 0 Å². The van der Waals surface area contributed by atoms with Crippen molar-refractivity contribution in [3.05, 3.63) is 46.1 Å². The van der Waals surface area contributed by atoms with Crippen LogP contribution in [0.5, 0.6) is 0 Å². The smallest absolute Gasteiger partial charge is 0.291 e. The molecule has 4 nitrogen and oxygen atoms in total. The van der Waals surface area contributed by atoms with Gasteiger partial charge in [-0.1, -0.05) is 15.9 Å². The summed E-state index contributed by atoms with van der Waals surface area (Å²) in [5, 5.41) is 2.73. The van der Waals surface area contributed by atoms with Crippen LogP contribution in [0.4, 0.5) is 11.6 Å². The molecule has 0 saturated heterocycles. The largest absolute Gasteiger partial charge is 0.436 e. The minimum Gasteiger partial charge on any atom is -0.436 e. The molecule has 0 spiro atoms. The third-order valence-electron chi connectivity index (χ3n) is 2.27. The monoisotopic (exact) mass is 294 g/mol. The van der Waals surface area contributed by atoms with Gasteiger partial charge >= 0.3 is 0 Å². The lowest BCUT2D eigenvalue weighted by atomic mass is 10.2. The minimum atomic E-state index is -0.316. The van der Waals surface area contributed by atoms with Crippen molar-refractivity contribution >= 4 is 33.4 Å². The summed E-state index contributed by atoms with van der Waals surface area (Å²) in [5.74, 6) is 0.105. The Kier molecular flexibility index (Phi) is 3.19. The van der Waals surface area contributed by atoms with Gasteiger partial charge < -0.3 is 15.5 Å². The van der Waals surface area contributed by atoms with Gasteiger partial charge in [0, 0.05) is 16.2 Å². The summed E-state index contributed by atoms with van der Waals surface area (Å²) in [6.07, 6.45) is 0. The molecule has 2 aromatic rings. The van der Waals surface area contributed by atoms with Crippen molar-refractivity contribution in [3.8, 4) is 0 Å². The first-order valence-corrected chi connectivity index (χ1v) is 5.78. The lowest BCUT2D eigenvalue weighted by molar-refractivity contribution is 0.0997. The van der Waals surface area contributed by atoms with Gasteiger partial charge in [0.2, 0.25) is 0 Å². The van der Waals surface area contributed by atoms with Crippen LogP contribution in [0.3, 0.4) is 0 Å². The molecular weight excluding hydrogens is 284 g/mol. The maximum Gasteiger partial charge on any atom is 0.291 e. The topological polar surface area (TPSA) is 68.3 Å². The van der Waals surface area contributed by atoms with E-state index in [0.29, 0.717) is 5.69 Å². The molecule has 0 aliphatic carbocycles. The number of nitrogens with two attached hydrogens (primary N) is 1. The van der Waals surface area contributed by atoms with E-state index in [4.69, 9.17) is 10.2 Å². The summed E-state index contributed by atoms with van der Waals surface area (Å²) in [4.78, 5) is 11.8. The predicted molar refractivity (Wildman–Crippen MR) is 70.0 cm³/mol. The summed E-state index contributed by atoms with van der Waals surface area (Å²) < 4.78 is 6.03. The number of rotatable bonds is 2. The molecule has 0 radical (unpaired) electrons. The predicted octanol–water partition coefficient (Wildman–Crippen LogP) is 3.19. The fourth-order valence-electron chi connectivity index (χ4n) is 1.39. The molecule has 17 heavy (non-hydrogen) atoms. The normalized spacial score (nSPS) is 10.2. The molecular formula is C12H11BrN2O2. The van der Waals surface area contributed by atoms with E-state index in [2.05, 4.69) is 21.2 Å². The fraction of sp³-hybridized carbons (Fsp3) is 0.0833. The standard InChI is InChI=1S/C12H11BrN2O2/c1-7-6-8(2-3-9(7)13)15-12(16)10-4-5-11(14)17-10/h2-6H,14H2,1H3,(H,15,16). The van der Waals surface area contributed by atoms with Crippen LogP contribution in [0, 0.1) is 6.92 Å². The molecule has 0 bridgehead atoms. The van der Waals surface area contributed by atoms with E-state index in [1.54, 1.807) is 12.1 Å². The number of hydrogen-bond donors (Lipinski definition) is 2. The van der Waals surface area contributed by atoms with E-state index in [1.807, 2.05) is 19.1 Å². The number of amides is 1. The summed E-state index contributed by atoms with van der Waals surface area (Å²) >= 11 is 3.40. The molecule has 3 N–H and O–H groups in total. The Labute approximate surface area is 107 Å². The van der Waals surface area contributed by atoms with Crippen LogP contribution in [0.1, 0.15) is 16.1 Å². The zero-order valence-electron chi connectivity index (χ0n) is 9.16. The molecule has 0 unspecified atom stereocenters. The van der Waals surface area contributed by atoms with Gasteiger partial charge in [-0.3, -0.25) is 4.79 Å². The molecule has 5 heteroatoms. The molecule has 1 amide bonds. The summed E-state index contributed by atoms with van der Waals surface area (Å²) in [5.41, 5.74) is 7.16. The van der Waals surface area contributed by atoms with Crippen LogP contribution in [0.15, 0.2) is 39.2 Å². The van der Waals surface area contributed by atoms with Gasteiger partial charge in [0.05, 0.1) is 0 Å². The number of aryl methyl sites for hydroxylation is 1. The Morgan fingerprint density at radius 2 is 2.12 bits per heavy atom. The van der Waals surface area contributed by atoms with Crippen molar-refractivity contribution in [3.63, 3.8) is 0 Å². The Morgan fingerprint density at radius 3 is 2.71 bits per heavy atom. The minimum absolute atomic E-state index is 0.197. The highest BCUT2D eigenvalue weighted by Gasteiger charge is 2.10. The molecule has 2 rings (SSSR count). The van der Waals surface area contributed by atoms with Crippen molar-refractivity contribution in [2.24, 2.45) is 0 Å². The Balaban J connectivity index is 2.15. The van der Waals surface area contributed by atoms with Crippen LogP contribution >= 0.6 is 15.9 Å². The second-order valence-corrected chi connectivity index (χ2v) is 4.47. The SMILES string of the molecule is Cc1cc(NC(=O)c2ccc(N)o2)ccc1Br. The van der Waals surface area contributed by atoms with Gasteiger partial charge in [-0.15, -0.1) is 0 Å². The van der Waals surface area contributed by atoms with Gasteiger partial charge in [0.25, 0.3) is 5.91 Å². The van der Waals surface area contributed by atoms with Gasteiger partial charge in [-0.25, -0.2) is 0 Å². The van der Waals surface area contributed by atoms with E-state index in [0.717, 1.165) is 10.0 Å². The molecule has 1 heterocycles. The number of benzene rings is 1. The first-order chi connectivity index (χ1) is 8.06. The van der Waals surface area contributed by atoms with Gasteiger partial charge in [0.1, 0.15) is 0 Å². The van der Waals surface area contributed by atoms with Crippen molar-refractivity contribution in [1.82, 2.24) is 0 Å². The number of carbonyl (C=O) groups is 1. The molecule has 0 aliphatic heterocycles. The highest BCUT2D eigenvalue weighted by atomic mass is 79.9. The first-order valence-electron chi connectivity index (χ1n) is 4.99. The zero-order chi connectivity index (χ0) is 12.4. The second-order valence-electron chi connectivity index (χ2n) is 3.62. The third kappa shape index (κ3) is 2.68. The number of carbonyl (C=O) groups excluding carboxylic acids is 1. The average molecular weight is 295 g/mol. The van der Waals surface area contributed by atoms with Gasteiger partial charge in [0.15, 0.2) is 11.6 Å². The van der Waals surface area contributed by atoms with Crippen molar-refractivity contribution in [1.29, 1.82) is 0 Å². The Bertz CT molecular complexity index is 563. The Hall–Kier alpha value is -1.75. The molecule has 1 aromatic heterocycles. The number of nitrogens with one attached hydrogen (secondary N) is 1. The maximum absolute atomic E-state index is 11.8. The quantitative estimate of drug-likeness (QED) is 0.894. The summed E-state index contributed by atoms with van der Waals surface area (Å²) in [6.45, 7) is 1.95. The highest BCUT2D eigenvalue weighted by molar-refractivity contribution is 9.10. The number of furan rings is 1. The van der Waals surface area contributed by atoms with Crippen LogP contribution < -0.4 is 11.1 Å². The number of halogens is 1. The highest BCUT2D eigenvalue weighted by Crippen LogP contribution is 2.20. The third-order valence-corrected chi connectivity index (χ3v) is 3.16. The summed E-state index contributed by atoms with van der Waals surface area (Å²) in [6, 6.07) is 8.63. The Morgan fingerprint density at radius 1 is 1.35 bits per heavy atom. The first kappa shape index (κ1) is 11.7. The molecule has 88 valence electrons. The van der Waals surface area contributed by atoms with E-state index < -0.39 is 0 Å². The number of nitrogen functional groups attached to an aromatic ring is 1. The molecule has 0 saturated carbocycles. The van der Waals surface area contributed by atoms with E-state index in [9.17, 15) is 4.79 Å². The molecule has 0 aliphatic rings. The molecule has 1 aromatic carbocycles. The molecule has 0 fully saturated rings. The number of anilines is 2. The van der Waals surface area contributed by atoms with Crippen LogP contribution in [-0.4, -0.2) is 5.91 Å². The second kappa shape index (κ2) is 4.63. The van der Waals surface area contributed by atoms with E-state index >= 15 is 0 Å². The maximum atomic E-state index is 11.8. The number of hydrogen-bond acceptors (Lipinski definition) is 3. The van der Waals surface area contributed by atoms with Crippen molar-refractivity contribution in [2.45, 2.75) is 6.92 Å². The van der Waals surface area contributed by atoms with Crippen LogP contribution in [-0.2, 0) is 0 Å². The van der Waals surface area contributed by atoms with E-state index in [1.165, 1.54) is 6.07 Å².